The SMILES string of the molecule is CCCCCC(Cl)CN=O. The molecule has 0 aliphatic heterocycles. The zero-order chi connectivity index (χ0) is 7.82. The maximum absolute atomic E-state index is 9.71. The molecule has 0 saturated heterocycles. The number of nitroso groups, excluding NO2 is 1. The highest BCUT2D eigenvalue weighted by atomic mass is 35.5. The molecule has 0 N–H and O–H groups in total. The number of hydrogen-bond donors (Lipinski definition) is 0. The summed E-state index contributed by atoms with van der Waals surface area (Å²) in [5, 5.41) is 2.69. The Bertz CT molecular complexity index is 87.7. The van der Waals surface area contributed by atoms with Crippen molar-refractivity contribution >= 4 is 11.6 Å². The van der Waals surface area contributed by atoms with Crippen LogP contribution in [0.4, 0.5) is 0 Å². The average Bonchev–Trinajstić information content (AvgIpc) is 1.89. The molecule has 2 nitrogen and oxygen atoms in total. The molecule has 0 rings (SSSR count). The monoisotopic (exact) mass is 163 g/mol. The van der Waals surface area contributed by atoms with Crippen molar-refractivity contribution in [2.45, 2.75) is 38.0 Å². The Balaban J connectivity index is 3.04. The highest BCUT2D eigenvalue weighted by molar-refractivity contribution is 6.20. The minimum absolute atomic E-state index is 0.0379. The maximum atomic E-state index is 9.71. The third-order valence-corrected chi connectivity index (χ3v) is 1.75. The summed E-state index contributed by atoms with van der Waals surface area (Å²) < 4.78 is 0. The van der Waals surface area contributed by atoms with Crippen LogP contribution in [0, 0.1) is 4.91 Å². The molecule has 0 radical (unpaired) electrons. The summed E-state index contributed by atoms with van der Waals surface area (Å²) in [6.45, 7) is 2.40. The molecular formula is C7H14ClNO. The van der Waals surface area contributed by atoms with E-state index in [1.54, 1.807) is 0 Å². The molecular weight excluding hydrogens is 150 g/mol. The van der Waals surface area contributed by atoms with Gasteiger partial charge < -0.3 is 0 Å². The Hall–Kier alpha value is -0.110. The van der Waals surface area contributed by atoms with Gasteiger partial charge in [0.25, 0.3) is 0 Å². The lowest BCUT2D eigenvalue weighted by molar-refractivity contribution is 0.643. The van der Waals surface area contributed by atoms with Gasteiger partial charge in [-0.3, -0.25) is 0 Å². The van der Waals surface area contributed by atoms with Crippen molar-refractivity contribution in [1.82, 2.24) is 0 Å². The molecule has 0 aromatic heterocycles. The number of unbranched alkanes of at least 4 members (excludes halogenated alkanes) is 2. The van der Waals surface area contributed by atoms with Crippen molar-refractivity contribution in [2.75, 3.05) is 6.54 Å². The van der Waals surface area contributed by atoms with E-state index in [-0.39, 0.29) is 11.9 Å². The van der Waals surface area contributed by atoms with E-state index in [1.807, 2.05) is 0 Å². The smallest absolute Gasteiger partial charge is 0.0974 e. The van der Waals surface area contributed by atoms with Gasteiger partial charge in [-0.25, -0.2) is 0 Å². The summed E-state index contributed by atoms with van der Waals surface area (Å²) in [6, 6.07) is 0. The van der Waals surface area contributed by atoms with Gasteiger partial charge in [0.1, 0.15) is 0 Å². The Labute approximate surface area is 66.9 Å². The van der Waals surface area contributed by atoms with Gasteiger partial charge in [-0.05, 0) is 6.42 Å². The first kappa shape index (κ1) is 9.89. The Morgan fingerprint density at radius 2 is 2.20 bits per heavy atom. The van der Waals surface area contributed by atoms with E-state index in [9.17, 15) is 4.91 Å². The quantitative estimate of drug-likeness (QED) is 0.336. The van der Waals surface area contributed by atoms with E-state index >= 15 is 0 Å². The van der Waals surface area contributed by atoms with Crippen LogP contribution in [0.3, 0.4) is 0 Å². The summed E-state index contributed by atoms with van der Waals surface area (Å²) in [5.74, 6) is 0. The van der Waals surface area contributed by atoms with Gasteiger partial charge in [-0.1, -0.05) is 31.4 Å². The fourth-order valence-electron chi connectivity index (χ4n) is 0.788. The van der Waals surface area contributed by atoms with Crippen LogP contribution in [0.1, 0.15) is 32.6 Å². The van der Waals surface area contributed by atoms with E-state index in [4.69, 9.17) is 11.6 Å². The first-order valence-corrected chi connectivity index (χ1v) is 4.18. The van der Waals surface area contributed by atoms with Gasteiger partial charge in [-0.2, -0.15) is 4.91 Å². The van der Waals surface area contributed by atoms with Crippen molar-refractivity contribution in [3.05, 3.63) is 4.91 Å². The van der Waals surface area contributed by atoms with Gasteiger partial charge in [0.15, 0.2) is 0 Å². The van der Waals surface area contributed by atoms with Crippen molar-refractivity contribution in [3.8, 4) is 0 Å². The summed E-state index contributed by atoms with van der Waals surface area (Å²) in [4.78, 5) is 9.71. The Kier molecular flexibility index (Phi) is 6.93. The van der Waals surface area contributed by atoms with Crippen LogP contribution in [0.25, 0.3) is 0 Å². The highest BCUT2D eigenvalue weighted by Gasteiger charge is 2.02. The van der Waals surface area contributed by atoms with Crippen LogP contribution in [-0.4, -0.2) is 11.9 Å². The molecule has 3 heteroatoms. The van der Waals surface area contributed by atoms with Gasteiger partial charge in [0.05, 0.1) is 11.9 Å². The molecule has 0 aliphatic carbocycles. The predicted octanol–water partition coefficient (Wildman–Crippen LogP) is 2.94. The molecule has 0 saturated carbocycles. The van der Waals surface area contributed by atoms with Gasteiger partial charge in [0, 0.05) is 0 Å². The van der Waals surface area contributed by atoms with Gasteiger partial charge >= 0.3 is 0 Å². The van der Waals surface area contributed by atoms with Crippen molar-refractivity contribution in [2.24, 2.45) is 5.18 Å². The highest BCUT2D eigenvalue weighted by Crippen LogP contribution is 2.08. The normalized spacial score (nSPS) is 13.0. The number of nitrogens with zero attached hydrogens (tertiary/aromatic N) is 1. The summed E-state index contributed by atoms with van der Waals surface area (Å²) >= 11 is 5.72. The zero-order valence-corrected chi connectivity index (χ0v) is 7.10. The summed E-state index contributed by atoms with van der Waals surface area (Å²) in [6.07, 6.45) is 4.42. The predicted molar refractivity (Wildman–Crippen MR) is 44.4 cm³/mol. The molecule has 1 unspecified atom stereocenters. The molecule has 0 heterocycles. The van der Waals surface area contributed by atoms with Gasteiger partial charge in [0.2, 0.25) is 0 Å². The van der Waals surface area contributed by atoms with E-state index < -0.39 is 0 Å². The van der Waals surface area contributed by atoms with Gasteiger partial charge in [-0.15, -0.1) is 11.6 Å². The van der Waals surface area contributed by atoms with Crippen LogP contribution < -0.4 is 0 Å². The van der Waals surface area contributed by atoms with Crippen LogP contribution in [0.5, 0.6) is 0 Å². The first-order chi connectivity index (χ1) is 4.81. The molecule has 60 valence electrons. The average molecular weight is 164 g/mol. The lowest BCUT2D eigenvalue weighted by Gasteiger charge is -2.01. The van der Waals surface area contributed by atoms with Crippen molar-refractivity contribution < 1.29 is 0 Å². The second-order valence-corrected chi connectivity index (χ2v) is 3.02. The Morgan fingerprint density at radius 1 is 1.50 bits per heavy atom. The standard InChI is InChI=1S/C7H14ClNO/c1-2-3-4-5-7(8)6-9-10/h7H,2-6H2,1H3. The molecule has 0 aromatic rings. The molecule has 0 bridgehead atoms. The first-order valence-electron chi connectivity index (χ1n) is 3.74. The topological polar surface area (TPSA) is 29.4 Å². The molecule has 0 spiro atoms. The fraction of sp³-hybridized carbons (Fsp3) is 1.00. The third-order valence-electron chi connectivity index (χ3n) is 1.39. The lowest BCUT2D eigenvalue weighted by Crippen LogP contribution is -2.01. The maximum Gasteiger partial charge on any atom is 0.0974 e. The van der Waals surface area contributed by atoms with Crippen LogP contribution in [-0.2, 0) is 0 Å². The largest absolute Gasteiger partial charge is 0.151 e. The molecule has 1 atom stereocenters. The minimum Gasteiger partial charge on any atom is -0.151 e. The second kappa shape index (κ2) is 7.00. The molecule has 10 heavy (non-hydrogen) atoms. The number of alkyl halides is 1. The molecule has 0 aliphatic rings. The third kappa shape index (κ3) is 6.02. The lowest BCUT2D eigenvalue weighted by atomic mass is 10.1. The number of halogens is 1. The number of hydrogen-bond acceptors (Lipinski definition) is 2. The van der Waals surface area contributed by atoms with Crippen molar-refractivity contribution in [3.63, 3.8) is 0 Å². The second-order valence-electron chi connectivity index (χ2n) is 2.40. The van der Waals surface area contributed by atoms with E-state index in [0.29, 0.717) is 0 Å². The van der Waals surface area contributed by atoms with Crippen LogP contribution in [0.15, 0.2) is 5.18 Å². The molecule has 0 aromatic carbocycles. The van der Waals surface area contributed by atoms with E-state index in [2.05, 4.69) is 12.1 Å². The minimum atomic E-state index is -0.0379. The molecule has 0 amide bonds. The molecule has 0 fully saturated rings. The van der Waals surface area contributed by atoms with Crippen molar-refractivity contribution in [1.29, 1.82) is 0 Å². The zero-order valence-electron chi connectivity index (χ0n) is 6.35. The van der Waals surface area contributed by atoms with Crippen LogP contribution in [0.2, 0.25) is 0 Å². The summed E-state index contributed by atoms with van der Waals surface area (Å²) in [5.41, 5.74) is 0. The van der Waals surface area contributed by atoms with Crippen LogP contribution >= 0.6 is 11.6 Å². The summed E-state index contributed by atoms with van der Waals surface area (Å²) in [7, 11) is 0. The van der Waals surface area contributed by atoms with E-state index in [0.717, 1.165) is 12.8 Å². The number of rotatable bonds is 6. The van der Waals surface area contributed by atoms with E-state index in [1.165, 1.54) is 12.8 Å². The fourth-order valence-corrected chi connectivity index (χ4v) is 0.999. The Morgan fingerprint density at radius 3 is 2.70 bits per heavy atom.